The van der Waals surface area contributed by atoms with Crippen LogP contribution in [0.4, 0.5) is 5.82 Å². The van der Waals surface area contributed by atoms with Gasteiger partial charge in [-0.25, -0.2) is 4.68 Å². The number of hydrogen-bond acceptors (Lipinski definition) is 6. The van der Waals surface area contributed by atoms with E-state index in [2.05, 4.69) is 41.2 Å². The van der Waals surface area contributed by atoms with Crippen LogP contribution < -0.4 is 4.72 Å². The number of aromatic amines is 1. The molecule has 0 saturated carbocycles. The number of nitrogens with one attached hydrogen (secondary N) is 2. The summed E-state index contributed by atoms with van der Waals surface area (Å²) in [7, 11) is -2.48. The molecule has 94 valence electrons. The molecule has 0 unspecified atom stereocenters. The summed E-state index contributed by atoms with van der Waals surface area (Å²) in [6.45, 7) is 0. The predicted molar refractivity (Wildman–Crippen MR) is 62.8 cm³/mol. The van der Waals surface area contributed by atoms with Gasteiger partial charge in [-0.2, -0.15) is 18.8 Å². The summed E-state index contributed by atoms with van der Waals surface area (Å²) >= 11 is 2.99. The lowest BCUT2D eigenvalue weighted by atomic mass is 10.4. The van der Waals surface area contributed by atoms with Crippen LogP contribution in [0.3, 0.4) is 0 Å². The zero-order valence-electron chi connectivity index (χ0n) is 8.92. The first kappa shape index (κ1) is 12.5. The van der Waals surface area contributed by atoms with Gasteiger partial charge in [0.15, 0.2) is 10.4 Å². The molecule has 0 amide bonds. The minimum Gasteiger partial charge on any atom is -0.261 e. The van der Waals surface area contributed by atoms with Gasteiger partial charge in [0.25, 0.3) is 10.0 Å². The number of sulfonamides is 1. The highest BCUT2D eigenvalue weighted by atomic mass is 79.9. The molecule has 0 aliphatic rings. The lowest BCUT2D eigenvalue weighted by molar-refractivity contribution is 0.578. The number of halogens is 1. The molecule has 2 aromatic rings. The van der Waals surface area contributed by atoms with Crippen LogP contribution in [0, 0.1) is 11.3 Å². The molecule has 0 fully saturated rings. The first-order chi connectivity index (χ1) is 8.45. The maximum atomic E-state index is 12.1. The minimum atomic E-state index is -3.92. The lowest BCUT2D eigenvalue weighted by Crippen LogP contribution is -2.18. The Morgan fingerprint density at radius 1 is 1.61 bits per heavy atom. The summed E-state index contributed by atoms with van der Waals surface area (Å²) in [5.41, 5.74) is 0.0878. The quantitative estimate of drug-likeness (QED) is 0.812. The van der Waals surface area contributed by atoms with Gasteiger partial charge >= 0.3 is 0 Å². The van der Waals surface area contributed by atoms with Crippen LogP contribution in [0.2, 0.25) is 0 Å². The Kier molecular flexibility index (Phi) is 3.05. The van der Waals surface area contributed by atoms with Gasteiger partial charge in [0, 0.05) is 7.05 Å². The maximum absolute atomic E-state index is 12.1. The third kappa shape index (κ3) is 2.07. The maximum Gasteiger partial charge on any atom is 0.283 e. The van der Waals surface area contributed by atoms with Gasteiger partial charge in [0.1, 0.15) is 11.6 Å². The highest BCUT2D eigenvalue weighted by molar-refractivity contribution is 9.10. The van der Waals surface area contributed by atoms with Crippen LogP contribution in [0.5, 0.6) is 0 Å². The van der Waals surface area contributed by atoms with E-state index in [-0.39, 0.29) is 21.0 Å². The van der Waals surface area contributed by atoms with Gasteiger partial charge in [-0.1, -0.05) is 5.21 Å². The normalized spacial score (nSPS) is 11.2. The molecule has 0 aliphatic carbocycles. The molecule has 2 N–H and O–H groups in total. The van der Waals surface area contributed by atoms with Crippen LogP contribution in [-0.2, 0) is 17.1 Å². The fraction of sp³-hybridized carbons (Fsp3) is 0.143. The topological polar surface area (TPSA) is 129 Å². The third-order valence-corrected chi connectivity index (χ3v) is 4.22. The number of hydrogen-bond donors (Lipinski definition) is 2. The zero-order valence-corrected chi connectivity index (χ0v) is 11.3. The van der Waals surface area contributed by atoms with Crippen LogP contribution in [-0.4, -0.2) is 33.6 Å². The molecule has 11 heteroatoms. The molecule has 0 saturated heterocycles. The van der Waals surface area contributed by atoms with Gasteiger partial charge in [0.2, 0.25) is 5.03 Å². The van der Waals surface area contributed by atoms with Crippen molar-refractivity contribution in [3.8, 4) is 6.07 Å². The molecule has 18 heavy (non-hydrogen) atoms. The zero-order chi connectivity index (χ0) is 13.3. The first-order valence-electron chi connectivity index (χ1n) is 4.47. The van der Waals surface area contributed by atoms with Gasteiger partial charge in [-0.15, -0.1) is 5.10 Å². The molecule has 0 bridgehead atoms. The fourth-order valence-electron chi connectivity index (χ4n) is 1.24. The van der Waals surface area contributed by atoms with Crippen molar-refractivity contribution in [1.82, 2.24) is 25.2 Å². The molecule has 0 atom stereocenters. The van der Waals surface area contributed by atoms with E-state index in [0.29, 0.717) is 0 Å². The Morgan fingerprint density at radius 3 is 2.89 bits per heavy atom. The van der Waals surface area contributed by atoms with E-state index in [4.69, 9.17) is 5.26 Å². The molecule has 0 aliphatic heterocycles. The monoisotopic (exact) mass is 331 g/mol. The van der Waals surface area contributed by atoms with Gasteiger partial charge in [0.05, 0.1) is 6.20 Å². The molecule has 0 spiro atoms. The Morgan fingerprint density at radius 2 is 2.33 bits per heavy atom. The minimum absolute atomic E-state index is 0.00870. The van der Waals surface area contributed by atoms with Crippen LogP contribution in [0.15, 0.2) is 15.8 Å². The van der Waals surface area contributed by atoms with Crippen LogP contribution >= 0.6 is 15.9 Å². The molecule has 2 heterocycles. The van der Waals surface area contributed by atoms with E-state index in [9.17, 15) is 8.42 Å². The largest absolute Gasteiger partial charge is 0.283 e. The highest BCUT2D eigenvalue weighted by Crippen LogP contribution is 2.21. The van der Waals surface area contributed by atoms with Crippen molar-refractivity contribution >= 4 is 31.8 Å². The third-order valence-electron chi connectivity index (χ3n) is 1.99. The number of anilines is 1. The smallest absolute Gasteiger partial charge is 0.261 e. The van der Waals surface area contributed by atoms with E-state index in [0.717, 1.165) is 4.68 Å². The van der Waals surface area contributed by atoms with E-state index in [1.54, 1.807) is 6.07 Å². The molecule has 0 radical (unpaired) electrons. The van der Waals surface area contributed by atoms with Crippen LogP contribution in [0.25, 0.3) is 0 Å². The number of rotatable bonds is 3. The van der Waals surface area contributed by atoms with Crippen LogP contribution in [0.1, 0.15) is 5.56 Å². The van der Waals surface area contributed by atoms with Crippen molar-refractivity contribution < 1.29 is 8.42 Å². The standard InChI is InChI=1S/C7H6BrN7O2S/c1-15-7(5(8)11-14-15)18(16,17)13-6-4(2-9)3-10-12-6/h3H,1H3,(H2,10,12,13). The molecule has 9 nitrogen and oxygen atoms in total. The number of H-pyrrole nitrogens is 1. The fourth-order valence-corrected chi connectivity index (χ4v) is 3.37. The van der Waals surface area contributed by atoms with Gasteiger partial charge in [-0.3, -0.25) is 9.82 Å². The van der Waals surface area contributed by atoms with E-state index in [1.165, 1.54) is 13.2 Å². The first-order valence-corrected chi connectivity index (χ1v) is 6.75. The van der Waals surface area contributed by atoms with Crippen molar-refractivity contribution in [3.05, 3.63) is 16.4 Å². The second-order valence-electron chi connectivity index (χ2n) is 3.18. The summed E-state index contributed by atoms with van der Waals surface area (Å²) < 4.78 is 27.5. The molecule has 2 rings (SSSR count). The van der Waals surface area contributed by atoms with Crippen molar-refractivity contribution in [2.75, 3.05) is 4.72 Å². The second-order valence-corrected chi connectivity index (χ2v) is 5.53. The van der Waals surface area contributed by atoms with Crippen molar-refractivity contribution in [2.24, 2.45) is 7.05 Å². The summed E-state index contributed by atoms with van der Waals surface area (Å²) in [5, 5.41) is 21.7. The molecule has 2 aromatic heterocycles. The lowest BCUT2D eigenvalue weighted by Gasteiger charge is -2.05. The molecule has 0 aromatic carbocycles. The Hall–Kier alpha value is -1.93. The summed E-state index contributed by atoms with van der Waals surface area (Å²) in [5.74, 6) is -0.00870. The predicted octanol–water partition coefficient (Wildman–Crippen LogP) is -0.0268. The summed E-state index contributed by atoms with van der Waals surface area (Å²) in [6.07, 6.45) is 1.22. The second kappa shape index (κ2) is 4.39. The number of aromatic nitrogens is 5. The van der Waals surface area contributed by atoms with Crippen molar-refractivity contribution in [3.63, 3.8) is 0 Å². The Bertz CT molecular complexity index is 706. The SMILES string of the molecule is Cn1nnc(Br)c1S(=O)(=O)Nc1[nH]ncc1C#N. The number of nitriles is 1. The van der Waals surface area contributed by atoms with E-state index in [1.807, 2.05) is 0 Å². The van der Waals surface area contributed by atoms with E-state index >= 15 is 0 Å². The highest BCUT2D eigenvalue weighted by Gasteiger charge is 2.25. The molecular formula is C7H6BrN7O2S. The average molecular weight is 332 g/mol. The number of aryl methyl sites for hydroxylation is 1. The van der Waals surface area contributed by atoms with Gasteiger partial charge in [-0.05, 0) is 15.9 Å². The summed E-state index contributed by atoms with van der Waals surface area (Å²) in [4.78, 5) is 0. The Balaban J connectivity index is 2.43. The van der Waals surface area contributed by atoms with Crippen molar-refractivity contribution in [2.45, 2.75) is 5.03 Å². The molecular weight excluding hydrogens is 326 g/mol. The van der Waals surface area contributed by atoms with Crippen molar-refractivity contribution in [1.29, 1.82) is 5.26 Å². The Labute approximate surface area is 110 Å². The van der Waals surface area contributed by atoms with E-state index < -0.39 is 10.0 Å². The number of nitrogens with zero attached hydrogens (tertiary/aromatic N) is 5. The van der Waals surface area contributed by atoms with Gasteiger partial charge < -0.3 is 0 Å². The summed E-state index contributed by atoms with van der Waals surface area (Å²) in [6, 6.07) is 1.80. The average Bonchev–Trinajstić information content (AvgIpc) is 2.85.